The summed E-state index contributed by atoms with van der Waals surface area (Å²) in [7, 11) is 10.3. The lowest BCUT2D eigenvalue weighted by molar-refractivity contribution is -0.659. The summed E-state index contributed by atoms with van der Waals surface area (Å²) in [4.78, 5) is 14.2. The molecule has 18 rings (SSSR count). The van der Waals surface area contributed by atoms with E-state index in [0.29, 0.717) is 33.9 Å². The number of rotatable bonds is 5. The van der Waals surface area contributed by atoms with Crippen LogP contribution < -0.4 is 22.8 Å². The van der Waals surface area contributed by atoms with Gasteiger partial charge in [-0.25, -0.2) is 51.0 Å². The quantitative estimate of drug-likeness (QED) is 0.122. The first-order valence-corrected chi connectivity index (χ1v) is 39.1. The Morgan fingerprint density at radius 2 is 0.632 bits per heavy atom. The van der Waals surface area contributed by atoms with Crippen molar-refractivity contribution in [2.24, 2.45) is 35.2 Å². The van der Waals surface area contributed by atoms with E-state index in [0.717, 1.165) is 60.2 Å². The lowest BCUT2D eigenvalue weighted by Crippen LogP contribution is -2.31. The topological polar surface area (TPSA) is 36.8 Å². The number of nitrogens with zero attached hydrogens (tertiary/aromatic N) is 9. The molecule has 0 atom stereocenters. The summed E-state index contributed by atoms with van der Waals surface area (Å²) in [6.45, 7) is 52.1. The molecule has 1 aliphatic rings. The van der Waals surface area contributed by atoms with Crippen LogP contribution in [0.5, 0.6) is 0 Å². The smallest absolute Gasteiger partial charge is 0.220 e. The highest BCUT2D eigenvalue weighted by molar-refractivity contribution is 6.01. The summed E-state index contributed by atoms with van der Waals surface area (Å²) in [5.74, 6) is -0.332. The van der Waals surface area contributed by atoms with Crippen molar-refractivity contribution in [3.63, 3.8) is 0 Å². The van der Waals surface area contributed by atoms with Gasteiger partial charge in [0, 0.05) is 41.3 Å². The zero-order valence-electron chi connectivity index (χ0n) is 69.2. The van der Waals surface area contributed by atoms with E-state index in [1.54, 1.807) is 13.0 Å². The minimum absolute atomic E-state index is 0.0190. The SMILES string of the molecule is Cc1ccccc1-c1c2ccc(F)cc2cc[n+]1C.[C-]#[N+]c1ccc2c(-c3cc(C)c(F)c(C)c3C)[n+](C)ccc2c1.[C-]#[N+]c1ccc2c(-c3cc(C)cc(C)c3C)[n+](C)ccc2c1.[C-]#[N+]c1ccc2c(-c3cc4c(cc3C)-c3ccccc3C4(C)C)[n+](C)ccc2c1.[C-]#[N+]c1ccc2c(-c3cc4ccccc4cc3C)[n+](C)ccc2c1. The summed E-state index contributed by atoms with van der Waals surface area (Å²) in [6, 6.07) is 79.8. The minimum Gasteiger partial charge on any atom is -0.238 e. The zero-order valence-corrected chi connectivity index (χ0v) is 69.2. The van der Waals surface area contributed by atoms with Crippen LogP contribution >= 0.6 is 0 Å². The summed E-state index contributed by atoms with van der Waals surface area (Å²) < 4.78 is 38.2. The van der Waals surface area contributed by atoms with E-state index in [9.17, 15) is 8.78 Å². The molecule has 570 valence electrons. The van der Waals surface area contributed by atoms with Gasteiger partial charge < -0.3 is 0 Å². The van der Waals surface area contributed by atoms with Crippen LogP contribution in [-0.2, 0) is 40.7 Å². The number of hydrogen-bond donors (Lipinski definition) is 0. The summed E-state index contributed by atoms with van der Waals surface area (Å²) >= 11 is 0. The molecule has 0 saturated carbocycles. The van der Waals surface area contributed by atoms with Gasteiger partial charge in [0.05, 0.1) is 75.5 Å². The van der Waals surface area contributed by atoms with E-state index in [1.807, 2.05) is 131 Å². The van der Waals surface area contributed by atoms with Crippen molar-refractivity contribution in [1.82, 2.24) is 0 Å². The van der Waals surface area contributed by atoms with Crippen molar-refractivity contribution in [3.05, 3.63) is 386 Å². The molecule has 9 nitrogen and oxygen atoms in total. The Morgan fingerprint density at radius 1 is 0.265 bits per heavy atom. The fraction of sp³-hybridized carbons (Fsp3) is 0.160. The minimum atomic E-state index is -0.197. The second-order valence-corrected chi connectivity index (χ2v) is 31.4. The molecule has 1 aliphatic carbocycles. The van der Waals surface area contributed by atoms with Crippen LogP contribution in [-0.4, -0.2) is 0 Å². The van der Waals surface area contributed by atoms with Crippen LogP contribution in [0.4, 0.5) is 31.5 Å². The molecule has 0 aliphatic heterocycles. The molecule has 0 unspecified atom stereocenters. The molecule has 5 heterocycles. The van der Waals surface area contributed by atoms with Gasteiger partial charge in [0.15, 0.2) is 53.7 Å². The maximum atomic E-state index is 14.2. The number of pyridine rings is 5. The molecule has 12 aromatic carbocycles. The van der Waals surface area contributed by atoms with E-state index in [1.165, 1.54) is 128 Å². The van der Waals surface area contributed by atoms with Gasteiger partial charge >= 0.3 is 0 Å². The molecule has 17 aromatic rings. The molecular formula is C106H92F2N9+5. The predicted molar refractivity (Wildman–Crippen MR) is 475 cm³/mol. The highest BCUT2D eigenvalue weighted by Gasteiger charge is 2.37. The predicted octanol–water partition coefficient (Wildman–Crippen LogP) is 25.4. The van der Waals surface area contributed by atoms with Crippen molar-refractivity contribution < 1.29 is 31.6 Å². The van der Waals surface area contributed by atoms with Crippen LogP contribution in [0.2, 0.25) is 0 Å². The molecule has 5 aromatic heterocycles. The molecule has 117 heavy (non-hydrogen) atoms. The molecule has 0 fully saturated rings. The van der Waals surface area contributed by atoms with Gasteiger partial charge in [0.2, 0.25) is 28.5 Å². The average molecular weight is 1530 g/mol. The van der Waals surface area contributed by atoms with Crippen molar-refractivity contribution in [2.75, 3.05) is 0 Å². The van der Waals surface area contributed by atoms with Gasteiger partial charge in [-0.1, -0.05) is 153 Å². The van der Waals surface area contributed by atoms with E-state index >= 15 is 0 Å². The Balaban J connectivity index is 0.000000121. The Hall–Kier alpha value is -14.2. The zero-order chi connectivity index (χ0) is 83.0. The van der Waals surface area contributed by atoms with Crippen LogP contribution in [0.15, 0.2) is 268 Å². The van der Waals surface area contributed by atoms with Crippen molar-refractivity contribution in [1.29, 1.82) is 0 Å². The fourth-order valence-corrected chi connectivity index (χ4v) is 16.9. The Kier molecular flexibility index (Phi) is 22.2. The lowest BCUT2D eigenvalue weighted by Gasteiger charge is -2.22. The number of aromatic nitrogens is 5. The highest BCUT2D eigenvalue weighted by atomic mass is 19.1. The fourth-order valence-electron chi connectivity index (χ4n) is 16.9. The molecule has 0 N–H and O–H groups in total. The van der Waals surface area contributed by atoms with Gasteiger partial charge in [-0.05, 0) is 240 Å². The first-order chi connectivity index (χ1) is 56.2. The van der Waals surface area contributed by atoms with Gasteiger partial charge in [-0.15, -0.1) is 0 Å². The maximum absolute atomic E-state index is 14.2. The highest BCUT2D eigenvalue weighted by Crippen LogP contribution is 2.51. The molecule has 0 saturated heterocycles. The summed E-state index contributed by atoms with van der Waals surface area (Å²) in [5.41, 5.74) is 29.8. The van der Waals surface area contributed by atoms with Crippen molar-refractivity contribution in [2.45, 2.75) is 81.6 Å². The molecule has 0 radical (unpaired) electrons. The molecule has 11 heteroatoms. The Morgan fingerprint density at radius 3 is 1.09 bits per heavy atom. The van der Waals surface area contributed by atoms with Gasteiger partial charge in [0.1, 0.15) is 46.9 Å². The maximum Gasteiger partial charge on any atom is 0.220 e. The van der Waals surface area contributed by atoms with E-state index in [4.69, 9.17) is 26.3 Å². The number of halogens is 2. The average Bonchev–Trinajstić information content (AvgIpc) is 1.57. The number of aryl methyl sites for hydroxylation is 11. The first kappa shape index (κ1) is 79.4. The molecular weight excluding hydrogens is 1440 g/mol. The van der Waals surface area contributed by atoms with Crippen LogP contribution in [0, 0.1) is 100 Å². The van der Waals surface area contributed by atoms with Gasteiger partial charge in [-0.3, -0.25) is 0 Å². The molecule has 0 spiro atoms. The first-order valence-electron chi connectivity index (χ1n) is 39.1. The second-order valence-electron chi connectivity index (χ2n) is 31.4. The molecule has 0 bridgehead atoms. The van der Waals surface area contributed by atoms with Crippen LogP contribution in [0.1, 0.15) is 75.0 Å². The number of hydrogen-bond acceptors (Lipinski definition) is 0. The third-order valence-corrected chi connectivity index (χ3v) is 23.4. The standard InChI is InChI=1S/C27H23N2.C22H17N2.C20H18FN2.C20H19N2.C17H15FN/c1-17-14-23-21-8-6-7-9-24(21)27(2,3)25(23)16-22(17)26-20-11-10-19(28-4)15-18(20)12-13-29(26)5;1-15-12-16-6-4-5-7-17(16)14-21(15)22-20-9-8-19(23-2)13-18(20)10-11-24(22)3;1-12-10-18(13(2)14(3)19(12)21)20-17-7-6-16(22-4)11-15(17)8-9-23(20)5;1-13-10-14(2)15(3)19(11-13)20-18-7-6-17(21-4)12-16(18)8-9-22(20)5;1-12-5-3-4-6-15(12)17-16-8-7-14(18)11-13(16)9-10-19(17)2/h6-16H,1-3,5H3;4-14H,1,3H3;6-11H,1-3,5H3;6-12H,1-3,5H3;3-11H,1-2H3/q5*+1. The van der Waals surface area contributed by atoms with E-state index < -0.39 is 0 Å². The summed E-state index contributed by atoms with van der Waals surface area (Å²) in [6.07, 6.45) is 10.2. The Bertz CT molecular complexity index is 7120. The van der Waals surface area contributed by atoms with Gasteiger partial charge in [-0.2, -0.15) is 0 Å². The van der Waals surface area contributed by atoms with Crippen LogP contribution in [0.3, 0.4) is 0 Å². The Labute approximate surface area is 685 Å². The number of fused-ring (bicyclic) bond motifs is 9. The van der Waals surface area contributed by atoms with Gasteiger partial charge in [0.25, 0.3) is 0 Å². The second kappa shape index (κ2) is 32.7. The van der Waals surface area contributed by atoms with Crippen LogP contribution in [0.25, 0.3) is 151 Å². The van der Waals surface area contributed by atoms with E-state index in [2.05, 4.69) is 271 Å². The normalized spacial score (nSPS) is 11.5. The molecule has 0 amide bonds. The number of benzene rings is 12. The third kappa shape index (κ3) is 15.4. The third-order valence-electron chi connectivity index (χ3n) is 23.4. The summed E-state index contributed by atoms with van der Waals surface area (Å²) in [5, 5.41) is 13.4. The van der Waals surface area contributed by atoms with Crippen molar-refractivity contribution in [3.8, 4) is 67.4 Å². The monoisotopic (exact) mass is 1530 g/mol. The van der Waals surface area contributed by atoms with Crippen molar-refractivity contribution >= 4 is 87.4 Å². The largest absolute Gasteiger partial charge is 0.238 e. The van der Waals surface area contributed by atoms with E-state index in [-0.39, 0.29) is 17.0 Å². The lowest BCUT2D eigenvalue weighted by atomic mass is 9.81.